The Hall–Kier alpha value is -0.430. The maximum Gasteiger partial charge on any atom is 0.158 e. The first-order valence-electron chi connectivity index (χ1n) is 9.21. The van der Waals surface area contributed by atoms with Gasteiger partial charge < -0.3 is 4.90 Å². The van der Waals surface area contributed by atoms with Crippen LogP contribution in [-0.4, -0.2) is 61.4 Å². The van der Waals surface area contributed by atoms with Gasteiger partial charge in [-0.25, -0.2) is 8.42 Å². The summed E-state index contributed by atoms with van der Waals surface area (Å²) in [4.78, 5) is 7.53. The molecular weight excluding hydrogens is 340 g/mol. The molecule has 3 aliphatic heterocycles. The molecule has 1 aromatic rings. The van der Waals surface area contributed by atoms with E-state index in [1.165, 1.54) is 29.0 Å². The van der Waals surface area contributed by atoms with Crippen molar-refractivity contribution in [3.63, 3.8) is 0 Å². The van der Waals surface area contributed by atoms with Crippen LogP contribution in [0.15, 0.2) is 12.1 Å². The van der Waals surface area contributed by atoms with Crippen molar-refractivity contribution in [3.05, 3.63) is 21.9 Å². The van der Waals surface area contributed by atoms with E-state index in [1.54, 1.807) is 0 Å². The summed E-state index contributed by atoms with van der Waals surface area (Å²) < 4.78 is 25.1. The number of aryl methyl sites for hydroxylation is 1. The zero-order valence-electron chi connectivity index (χ0n) is 14.5. The van der Waals surface area contributed by atoms with Crippen LogP contribution >= 0.6 is 11.3 Å². The van der Waals surface area contributed by atoms with E-state index in [0.717, 1.165) is 45.7 Å². The first-order valence-corrected chi connectivity index (χ1v) is 11.7. The number of sulfone groups is 1. The van der Waals surface area contributed by atoms with Gasteiger partial charge in [0, 0.05) is 35.9 Å². The van der Waals surface area contributed by atoms with Gasteiger partial charge in [0.1, 0.15) is 4.75 Å². The van der Waals surface area contributed by atoms with Gasteiger partial charge in [0.2, 0.25) is 0 Å². The molecule has 4 rings (SSSR count). The van der Waals surface area contributed by atoms with Crippen LogP contribution in [-0.2, 0) is 16.4 Å². The number of piperidine rings is 1. The van der Waals surface area contributed by atoms with E-state index >= 15 is 0 Å². The largest absolute Gasteiger partial charge is 0.303 e. The van der Waals surface area contributed by atoms with Gasteiger partial charge >= 0.3 is 0 Å². The zero-order valence-corrected chi connectivity index (χ0v) is 16.2. The molecule has 0 N–H and O–H groups in total. The second-order valence-electron chi connectivity index (χ2n) is 7.89. The maximum absolute atomic E-state index is 12.8. The number of nitrogens with zero attached hydrogens (tertiary/aromatic N) is 2. The molecule has 1 spiro atoms. The van der Waals surface area contributed by atoms with Crippen LogP contribution < -0.4 is 0 Å². The Morgan fingerprint density at radius 2 is 1.92 bits per heavy atom. The lowest BCUT2D eigenvalue weighted by Crippen LogP contribution is -2.67. The van der Waals surface area contributed by atoms with Crippen LogP contribution in [0.4, 0.5) is 0 Å². The molecule has 1 atom stereocenters. The molecule has 134 valence electrons. The predicted octanol–water partition coefficient (Wildman–Crippen LogP) is 2.53. The standard InChI is InChI=1S/C18H28N2O2S2/c1-15-5-6-17(23-15)12-20-13-18(14-20)16(7-10-24(18,21)22)11-19-8-3-2-4-9-19/h5-6,16H,2-4,7-14H2,1H3. The normalized spacial score (nSPS) is 29.8. The van der Waals surface area contributed by atoms with E-state index in [0.29, 0.717) is 11.7 Å². The predicted molar refractivity (Wildman–Crippen MR) is 99.2 cm³/mol. The molecule has 1 aromatic heterocycles. The summed E-state index contributed by atoms with van der Waals surface area (Å²) in [6, 6.07) is 4.33. The second kappa shape index (κ2) is 6.38. The van der Waals surface area contributed by atoms with E-state index < -0.39 is 14.6 Å². The molecule has 0 saturated carbocycles. The summed E-state index contributed by atoms with van der Waals surface area (Å²) in [5.74, 6) is 0.735. The highest BCUT2D eigenvalue weighted by Crippen LogP contribution is 2.45. The third kappa shape index (κ3) is 2.96. The number of thiophene rings is 1. The Bertz CT molecular complexity index is 686. The summed E-state index contributed by atoms with van der Waals surface area (Å²) in [5, 5.41) is 0. The Morgan fingerprint density at radius 3 is 2.58 bits per heavy atom. The van der Waals surface area contributed by atoms with Gasteiger partial charge in [0.25, 0.3) is 0 Å². The van der Waals surface area contributed by atoms with Crippen LogP contribution in [0.25, 0.3) is 0 Å². The molecule has 1 unspecified atom stereocenters. The van der Waals surface area contributed by atoms with Crippen molar-refractivity contribution >= 4 is 21.2 Å². The lowest BCUT2D eigenvalue weighted by molar-refractivity contribution is 0.0593. The summed E-state index contributed by atoms with van der Waals surface area (Å²) in [7, 11) is -2.93. The highest BCUT2D eigenvalue weighted by atomic mass is 32.2. The van der Waals surface area contributed by atoms with E-state index in [9.17, 15) is 8.42 Å². The van der Waals surface area contributed by atoms with Crippen molar-refractivity contribution in [3.8, 4) is 0 Å². The molecule has 0 aromatic carbocycles. The van der Waals surface area contributed by atoms with Crippen molar-refractivity contribution in [1.82, 2.24) is 9.80 Å². The number of likely N-dealkylation sites (tertiary alicyclic amines) is 2. The van der Waals surface area contributed by atoms with E-state index in [4.69, 9.17) is 0 Å². The second-order valence-corrected chi connectivity index (χ2v) is 11.7. The fourth-order valence-corrected chi connectivity index (χ4v) is 8.19. The molecule has 0 amide bonds. The molecular formula is C18H28N2O2S2. The van der Waals surface area contributed by atoms with Gasteiger partial charge in [0.15, 0.2) is 9.84 Å². The molecule has 4 nitrogen and oxygen atoms in total. The number of hydrogen-bond acceptors (Lipinski definition) is 5. The third-order valence-electron chi connectivity index (χ3n) is 6.18. The van der Waals surface area contributed by atoms with Crippen molar-refractivity contribution in [2.24, 2.45) is 5.92 Å². The van der Waals surface area contributed by atoms with E-state index in [-0.39, 0.29) is 0 Å². The molecule has 24 heavy (non-hydrogen) atoms. The quantitative estimate of drug-likeness (QED) is 0.819. The molecule has 3 saturated heterocycles. The molecule has 0 radical (unpaired) electrons. The van der Waals surface area contributed by atoms with Crippen LogP contribution in [0.3, 0.4) is 0 Å². The fraction of sp³-hybridized carbons (Fsp3) is 0.778. The Kier molecular flexibility index (Phi) is 4.52. The molecule has 4 heterocycles. The molecule has 3 fully saturated rings. The van der Waals surface area contributed by atoms with Crippen LogP contribution in [0.5, 0.6) is 0 Å². The van der Waals surface area contributed by atoms with Gasteiger partial charge in [-0.1, -0.05) is 6.42 Å². The minimum Gasteiger partial charge on any atom is -0.303 e. The van der Waals surface area contributed by atoms with Gasteiger partial charge in [-0.2, -0.15) is 0 Å². The average molecular weight is 369 g/mol. The van der Waals surface area contributed by atoms with Gasteiger partial charge in [-0.15, -0.1) is 11.3 Å². The van der Waals surface area contributed by atoms with Crippen molar-refractivity contribution < 1.29 is 8.42 Å². The Morgan fingerprint density at radius 1 is 1.17 bits per heavy atom. The van der Waals surface area contributed by atoms with E-state index in [1.807, 2.05) is 11.3 Å². The summed E-state index contributed by atoms with van der Waals surface area (Å²) >= 11 is 1.83. The summed E-state index contributed by atoms with van der Waals surface area (Å²) in [6.07, 6.45) is 4.75. The molecule has 0 aliphatic carbocycles. The van der Waals surface area contributed by atoms with E-state index in [2.05, 4.69) is 28.9 Å². The Balaban J connectivity index is 1.43. The lowest BCUT2D eigenvalue weighted by Gasteiger charge is -2.51. The van der Waals surface area contributed by atoms with Gasteiger partial charge in [0.05, 0.1) is 5.75 Å². The van der Waals surface area contributed by atoms with Crippen molar-refractivity contribution in [2.75, 3.05) is 38.5 Å². The smallest absolute Gasteiger partial charge is 0.158 e. The minimum absolute atomic E-state index is 0.335. The monoisotopic (exact) mass is 368 g/mol. The van der Waals surface area contributed by atoms with Crippen molar-refractivity contribution in [2.45, 2.75) is 43.9 Å². The molecule has 3 aliphatic rings. The Labute approximate surface area is 149 Å². The minimum atomic E-state index is -2.93. The van der Waals surface area contributed by atoms with Crippen LogP contribution in [0.1, 0.15) is 35.4 Å². The summed E-state index contributed by atoms with van der Waals surface area (Å²) in [5.41, 5.74) is 0. The van der Waals surface area contributed by atoms with Crippen LogP contribution in [0, 0.1) is 12.8 Å². The number of hydrogen-bond donors (Lipinski definition) is 0. The topological polar surface area (TPSA) is 40.6 Å². The molecule has 6 heteroatoms. The number of rotatable bonds is 4. The summed E-state index contributed by atoms with van der Waals surface area (Å²) in [6.45, 7) is 7.82. The molecule has 0 bridgehead atoms. The highest BCUT2D eigenvalue weighted by Gasteiger charge is 2.61. The fourth-order valence-electron chi connectivity index (χ4n) is 4.80. The zero-order chi connectivity index (χ0) is 16.8. The first kappa shape index (κ1) is 17.0. The highest BCUT2D eigenvalue weighted by molar-refractivity contribution is 7.93. The lowest BCUT2D eigenvalue weighted by atomic mass is 9.82. The van der Waals surface area contributed by atoms with Crippen molar-refractivity contribution in [1.29, 1.82) is 0 Å². The third-order valence-corrected chi connectivity index (χ3v) is 9.77. The van der Waals surface area contributed by atoms with Gasteiger partial charge in [-0.3, -0.25) is 4.90 Å². The van der Waals surface area contributed by atoms with Crippen LogP contribution in [0.2, 0.25) is 0 Å². The first-order chi connectivity index (χ1) is 11.5. The average Bonchev–Trinajstić information content (AvgIpc) is 3.03. The maximum atomic E-state index is 12.8. The van der Waals surface area contributed by atoms with Gasteiger partial charge in [-0.05, 0) is 57.3 Å². The SMILES string of the molecule is Cc1ccc(CN2CC3(C2)C(CN2CCCCC2)CCS3(=O)=O)s1.